The molecule has 2 aromatic carbocycles. The first-order chi connectivity index (χ1) is 19.9. The van der Waals surface area contributed by atoms with E-state index in [1.807, 2.05) is 0 Å². The van der Waals surface area contributed by atoms with Crippen LogP contribution < -0.4 is 10.1 Å². The number of pyridine rings is 1. The van der Waals surface area contributed by atoms with Crippen LogP contribution in [-0.4, -0.2) is 49.8 Å². The molecule has 1 N–H and O–H groups in total. The van der Waals surface area contributed by atoms with Crippen molar-refractivity contribution >= 4 is 17.5 Å². The second kappa shape index (κ2) is 11.1. The minimum absolute atomic E-state index is 0.0466. The molecule has 1 saturated heterocycles. The van der Waals surface area contributed by atoms with Gasteiger partial charge in [0.05, 0.1) is 11.3 Å². The zero-order valence-electron chi connectivity index (χ0n) is 21.4. The fraction of sp³-hybridized carbons (Fsp3) is 0.222. The van der Waals surface area contributed by atoms with E-state index in [2.05, 4.69) is 20.6 Å². The van der Waals surface area contributed by atoms with Gasteiger partial charge in [0, 0.05) is 31.0 Å². The van der Waals surface area contributed by atoms with Gasteiger partial charge in [-0.2, -0.15) is 26.3 Å². The topological polar surface area (TPSA) is 102 Å². The van der Waals surface area contributed by atoms with Gasteiger partial charge in [-0.3, -0.25) is 14.6 Å². The second-order valence-electron chi connectivity index (χ2n) is 9.17. The molecule has 0 saturated carbocycles. The number of rotatable bonds is 6. The number of nitrogens with zero attached hydrogens (tertiary/aromatic N) is 5. The SMILES string of the molecule is O=C(Nc1ccc(Oc2ccnc(C(=O)N3CCCC3)c2)cc1)c1nnn(-c2ccccc2C(F)(F)F)c1C(F)(F)F. The highest BCUT2D eigenvalue weighted by Crippen LogP contribution is 2.38. The number of amides is 2. The molecule has 15 heteroatoms. The van der Waals surface area contributed by atoms with E-state index in [4.69, 9.17) is 4.74 Å². The maximum absolute atomic E-state index is 14.0. The average Bonchev–Trinajstić information content (AvgIpc) is 3.64. The van der Waals surface area contributed by atoms with E-state index < -0.39 is 40.9 Å². The van der Waals surface area contributed by atoms with Crippen molar-refractivity contribution in [3.05, 3.63) is 89.5 Å². The molecule has 4 aromatic rings. The van der Waals surface area contributed by atoms with E-state index >= 15 is 0 Å². The van der Waals surface area contributed by atoms with Crippen LogP contribution in [0.3, 0.4) is 0 Å². The highest BCUT2D eigenvalue weighted by Gasteiger charge is 2.44. The summed E-state index contributed by atoms with van der Waals surface area (Å²) in [7, 11) is 0. The molecule has 3 heterocycles. The smallest absolute Gasteiger partial charge is 0.435 e. The van der Waals surface area contributed by atoms with Crippen LogP contribution in [0.4, 0.5) is 32.0 Å². The molecule has 1 aliphatic rings. The second-order valence-corrected chi connectivity index (χ2v) is 9.17. The van der Waals surface area contributed by atoms with Crippen LogP contribution in [-0.2, 0) is 12.4 Å². The molecule has 0 unspecified atom stereocenters. The van der Waals surface area contributed by atoms with Gasteiger partial charge in [-0.25, -0.2) is 4.68 Å². The Kier molecular flexibility index (Phi) is 7.58. The largest absolute Gasteiger partial charge is 0.457 e. The van der Waals surface area contributed by atoms with Crippen molar-refractivity contribution in [2.75, 3.05) is 18.4 Å². The number of aromatic nitrogens is 4. The van der Waals surface area contributed by atoms with E-state index in [-0.39, 0.29) is 27.7 Å². The number of halogens is 6. The molecule has 1 fully saturated rings. The number of hydrogen-bond acceptors (Lipinski definition) is 6. The standard InChI is InChI=1S/C27H20F6N6O3/c28-26(29,30)19-5-1-2-6-21(19)39-23(27(31,32)33)22(36-37-39)24(40)35-16-7-9-17(10-8-16)42-18-11-12-34-20(15-18)25(41)38-13-3-4-14-38/h1-2,5-12,15H,3-4,13-14H2,(H,35,40). The van der Waals surface area contributed by atoms with Crippen LogP contribution >= 0.6 is 0 Å². The van der Waals surface area contributed by atoms with Crippen LogP contribution in [0.25, 0.3) is 5.69 Å². The van der Waals surface area contributed by atoms with Gasteiger partial charge in [-0.05, 0) is 55.3 Å². The van der Waals surface area contributed by atoms with E-state index in [0.717, 1.165) is 31.0 Å². The van der Waals surface area contributed by atoms with Crippen molar-refractivity contribution in [3.63, 3.8) is 0 Å². The third-order valence-electron chi connectivity index (χ3n) is 6.28. The van der Waals surface area contributed by atoms with E-state index in [0.29, 0.717) is 24.9 Å². The fourth-order valence-electron chi connectivity index (χ4n) is 4.36. The van der Waals surface area contributed by atoms with Crippen LogP contribution in [0.5, 0.6) is 11.5 Å². The summed E-state index contributed by atoms with van der Waals surface area (Å²) in [6.07, 6.45) is -6.99. The van der Waals surface area contributed by atoms with Gasteiger partial charge in [-0.15, -0.1) is 5.10 Å². The van der Waals surface area contributed by atoms with Crippen molar-refractivity contribution in [2.24, 2.45) is 0 Å². The van der Waals surface area contributed by atoms with Gasteiger partial charge in [0.1, 0.15) is 17.2 Å². The van der Waals surface area contributed by atoms with Gasteiger partial charge >= 0.3 is 12.4 Å². The molecule has 9 nitrogen and oxygen atoms in total. The van der Waals surface area contributed by atoms with Crippen LogP contribution in [0, 0.1) is 0 Å². The molecule has 218 valence electrons. The zero-order chi connectivity index (χ0) is 30.1. The summed E-state index contributed by atoms with van der Waals surface area (Å²) >= 11 is 0. The molecule has 0 aliphatic carbocycles. The maximum Gasteiger partial charge on any atom is 0.435 e. The Bertz CT molecular complexity index is 1610. The van der Waals surface area contributed by atoms with Crippen molar-refractivity contribution in [2.45, 2.75) is 25.2 Å². The van der Waals surface area contributed by atoms with Crippen molar-refractivity contribution in [1.29, 1.82) is 0 Å². The molecule has 0 radical (unpaired) electrons. The average molecular weight is 590 g/mol. The van der Waals surface area contributed by atoms with Crippen LogP contribution in [0.1, 0.15) is 45.1 Å². The summed E-state index contributed by atoms with van der Waals surface area (Å²) in [5, 5.41) is 8.72. The number of ether oxygens (including phenoxy) is 1. The Morgan fingerprint density at radius 1 is 0.857 bits per heavy atom. The first kappa shape index (κ1) is 28.6. The lowest BCUT2D eigenvalue weighted by molar-refractivity contribution is -0.145. The Morgan fingerprint density at radius 2 is 1.55 bits per heavy atom. The summed E-state index contributed by atoms with van der Waals surface area (Å²) in [4.78, 5) is 31.1. The zero-order valence-corrected chi connectivity index (χ0v) is 21.4. The van der Waals surface area contributed by atoms with Gasteiger partial charge in [0.15, 0.2) is 11.4 Å². The van der Waals surface area contributed by atoms with E-state index in [1.54, 1.807) is 4.90 Å². The lowest BCUT2D eigenvalue weighted by Crippen LogP contribution is -2.28. The van der Waals surface area contributed by atoms with Gasteiger partial charge in [0.25, 0.3) is 11.8 Å². The minimum Gasteiger partial charge on any atom is -0.457 e. The lowest BCUT2D eigenvalue weighted by Gasteiger charge is -2.15. The first-order valence-electron chi connectivity index (χ1n) is 12.5. The number of likely N-dealkylation sites (tertiary alicyclic amines) is 1. The number of carbonyl (C=O) groups is 2. The maximum atomic E-state index is 14.0. The molecule has 2 aromatic heterocycles. The normalized spacial score (nSPS) is 13.7. The fourth-order valence-corrected chi connectivity index (χ4v) is 4.36. The monoisotopic (exact) mass is 590 g/mol. The molecule has 1 aliphatic heterocycles. The number of para-hydroxylation sites is 1. The predicted octanol–water partition coefficient (Wildman–Crippen LogP) is 5.98. The Hall–Kier alpha value is -4.95. The summed E-state index contributed by atoms with van der Waals surface area (Å²) in [6, 6.07) is 12.0. The highest BCUT2D eigenvalue weighted by atomic mass is 19.4. The van der Waals surface area contributed by atoms with Crippen molar-refractivity contribution in [3.8, 4) is 17.2 Å². The number of carbonyl (C=O) groups excluding carboxylic acids is 2. The summed E-state index contributed by atoms with van der Waals surface area (Å²) < 4.78 is 88.0. The molecule has 42 heavy (non-hydrogen) atoms. The summed E-state index contributed by atoms with van der Waals surface area (Å²) in [5.41, 5.74) is -5.05. The van der Waals surface area contributed by atoms with Gasteiger partial charge < -0.3 is 15.0 Å². The van der Waals surface area contributed by atoms with Gasteiger partial charge in [-0.1, -0.05) is 17.3 Å². The minimum atomic E-state index is -5.27. The van der Waals surface area contributed by atoms with Crippen molar-refractivity contribution < 1.29 is 40.7 Å². The van der Waals surface area contributed by atoms with Crippen molar-refractivity contribution in [1.82, 2.24) is 24.9 Å². The third kappa shape index (κ3) is 6.04. The Labute approximate surface area is 233 Å². The molecule has 0 atom stereocenters. The van der Waals surface area contributed by atoms with Crippen LogP contribution in [0.2, 0.25) is 0 Å². The number of hydrogen-bond donors (Lipinski definition) is 1. The number of benzene rings is 2. The van der Waals surface area contributed by atoms with E-state index in [1.165, 1.54) is 42.6 Å². The molecule has 5 rings (SSSR count). The molecule has 0 bridgehead atoms. The Morgan fingerprint density at radius 3 is 2.21 bits per heavy atom. The summed E-state index contributed by atoms with van der Waals surface area (Å²) in [6.45, 7) is 1.31. The number of alkyl halides is 6. The lowest BCUT2D eigenvalue weighted by atomic mass is 10.1. The summed E-state index contributed by atoms with van der Waals surface area (Å²) in [5.74, 6) is -0.960. The van der Waals surface area contributed by atoms with Crippen LogP contribution in [0.15, 0.2) is 66.9 Å². The quantitative estimate of drug-likeness (QED) is 0.277. The molecular formula is C27H20F6N6O3. The highest BCUT2D eigenvalue weighted by molar-refractivity contribution is 6.03. The molecule has 0 spiro atoms. The number of anilines is 1. The Balaban J connectivity index is 1.33. The molecular weight excluding hydrogens is 570 g/mol. The first-order valence-corrected chi connectivity index (χ1v) is 12.5. The predicted molar refractivity (Wildman–Crippen MR) is 135 cm³/mol. The van der Waals surface area contributed by atoms with Gasteiger partial charge in [0.2, 0.25) is 0 Å². The third-order valence-corrected chi connectivity index (χ3v) is 6.28. The molecule has 2 amide bonds. The van der Waals surface area contributed by atoms with E-state index in [9.17, 15) is 35.9 Å². The number of nitrogens with one attached hydrogen (secondary N) is 1.